The summed E-state index contributed by atoms with van der Waals surface area (Å²) in [6, 6.07) is 14.4. The van der Waals surface area contributed by atoms with Gasteiger partial charge in [-0.15, -0.1) is 11.3 Å². The number of thiophene rings is 1. The van der Waals surface area contributed by atoms with Crippen molar-refractivity contribution in [3.05, 3.63) is 54.1 Å². The van der Waals surface area contributed by atoms with Crippen molar-refractivity contribution in [3.63, 3.8) is 0 Å². The Morgan fingerprint density at radius 3 is 2.94 bits per heavy atom. The molecular formula is C26H26N2O3S. The Balaban J connectivity index is 1.49. The van der Waals surface area contributed by atoms with Gasteiger partial charge in [0, 0.05) is 34.3 Å². The van der Waals surface area contributed by atoms with E-state index < -0.39 is 0 Å². The quantitative estimate of drug-likeness (QED) is 0.299. The number of aliphatic imine (C=N–C) groups is 1. The first kappa shape index (κ1) is 21.0. The minimum Gasteiger partial charge on any atom is -0.493 e. The van der Waals surface area contributed by atoms with Crippen LogP contribution in [0, 0.1) is 0 Å². The van der Waals surface area contributed by atoms with Gasteiger partial charge < -0.3 is 9.47 Å². The van der Waals surface area contributed by atoms with Crippen LogP contribution < -0.4 is 9.47 Å². The highest BCUT2D eigenvalue weighted by atomic mass is 32.1. The van der Waals surface area contributed by atoms with Crippen LogP contribution in [0.4, 0.5) is 5.00 Å². The maximum atomic E-state index is 11.1. The second-order valence-corrected chi connectivity index (χ2v) is 9.32. The Kier molecular flexibility index (Phi) is 6.08. The first-order valence-corrected chi connectivity index (χ1v) is 12.1. The minimum absolute atomic E-state index is 0.586. The van der Waals surface area contributed by atoms with Crippen molar-refractivity contribution >= 4 is 38.1 Å². The SMILES string of the molecule is CCCOc1cccc(Oc2ccc3sc(N=C=O)c(C4=CCN5CCCC5C4)c3c2)c1. The van der Waals surface area contributed by atoms with Gasteiger partial charge in [0.25, 0.3) is 0 Å². The molecule has 5 nitrogen and oxygen atoms in total. The van der Waals surface area contributed by atoms with Crippen molar-refractivity contribution in [1.29, 1.82) is 0 Å². The molecule has 1 fully saturated rings. The van der Waals surface area contributed by atoms with Crippen LogP contribution in [0.2, 0.25) is 0 Å². The third-order valence-corrected chi connectivity index (χ3v) is 7.21. The molecule has 3 aromatic rings. The second kappa shape index (κ2) is 9.29. The van der Waals surface area contributed by atoms with Gasteiger partial charge in [0.2, 0.25) is 6.08 Å². The van der Waals surface area contributed by atoms with Gasteiger partial charge in [0.05, 0.1) is 6.61 Å². The van der Waals surface area contributed by atoms with Crippen LogP contribution in [0.15, 0.2) is 53.5 Å². The Labute approximate surface area is 192 Å². The zero-order chi connectivity index (χ0) is 21.9. The smallest absolute Gasteiger partial charge is 0.241 e. The summed E-state index contributed by atoms with van der Waals surface area (Å²) in [5.74, 6) is 2.29. The molecule has 2 aromatic carbocycles. The lowest BCUT2D eigenvalue weighted by Gasteiger charge is -2.29. The fourth-order valence-electron chi connectivity index (χ4n) is 4.68. The monoisotopic (exact) mass is 446 g/mol. The van der Waals surface area contributed by atoms with Gasteiger partial charge in [-0.2, -0.15) is 4.99 Å². The zero-order valence-electron chi connectivity index (χ0n) is 18.2. The number of hydrogen-bond donors (Lipinski definition) is 0. The van der Waals surface area contributed by atoms with Gasteiger partial charge in [0.15, 0.2) is 0 Å². The van der Waals surface area contributed by atoms with Crippen molar-refractivity contribution in [2.75, 3.05) is 19.7 Å². The van der Waals surface area contributed by atoms with E-state index in [-0.39, 0.29) is 0 Å². The number of nitrogens with zero attached hydrogens (tertiary/aromatic N) is 2. The van der Waals surface area contributed by atoms with Crippen LogP contribution in [0.25, 0.3) is 15.7 Å². The molecule has 0 bridgehead atoms. The molecule has 2 aliphatic heterocycles. The van der Waals surface area contributed by atoms with Crippen LogP contribution in [-0.2, 0) is 4.79 Å². The molecule has 1 aromatic heterocycles. The van der Waals surface area contributed by atoms with E-state index in [1.807, 2.05) is 36.4 Å². The van der Waals surface area contributed by atoms with Crippen LogP contribution in [0.1, 0.15) is 38.2 Å². The van der Waals surface area contributed by atoms with Crippen molar-refractivity contribution in [2.45, 2.75) is 38.6 Å². The number of isocyanates is 1. The van der Waals surface area contributed by atoms with E-state index in [9.17, 15) is 4.79 Å². The largest absolute Gasteiger partial charge is 0.493 e. The van der Waals surface area contributed by atoms with E-state index in [4.69, 9.17) is 9.47 Å². The summed E-state index contributed by atoms with van der Waals surface area (Å²) in [4.78, 5) is 17.7. The van der Waals surface area contributed by atoms with E-state index in [0.717, 1.165) is 57.3 Å². The zero-order valence-corrected chi connectivity index (χ0v) is 19.0. The molecule has 1 saturated heterocycles. The number of carbonyl (C=O) groups excluding carboxylic acids is 1. The van der Waals surface area contributed by atoms with Crippen LogP contribution in [0.5, 0.6) is 17.2 Å². The lowest BCUT2D eigenvalue weighted by atomic mass is 9.93. The first-order chi connectivity index (χ1) is 15.7. The third-order valence-electron chi connectivity index (χ3n) is 6.15. The van der Waals surface area contributed by atoms with Crippen molar-refractivity contribution < 1.29 is 14.3 Å². The molecule has 0 aliphatic carbocycles. The Hall–Kier alpha value is -2.92. The van der Waals surface area contributed by atoms with Crippen molar-refractivity contribution in [2.24, 2.45) is 4.99 Å². The van der Waals surface area contributed by atoms with Gasteiger partial charge in [0.1, 0.15) is 22.2 Å². The molecular weight excluding hydrogens is 420 g/mol. The van der Waals surface area contributed by atoms with Crippen LogP contribution in [-0.4, -0.2) is 36.7 Å². The highest BCUT2D eigenvalue weighted by Crippen LogP contribution is 2.46. The molecule has 0 radical (unpaired) electrons. The summed E-state index contributed by atoms with van der Waals surface area (Å²) in [5, 5.41) is 1.82. The summed E-state index contributed by atoms with van der Waals surface area (Å²) in [6.45, 7) is 4.91. The predicted molar refractivity (Wildman–Crippen MR) is 129 cm³/mol. The van der Waals surface area contributed by atoms with Crippen LogP contribution in [0.3, 0.4) is 0 Å². The number of hydrogen-bond acceptors (Lipinski definition) is 6. The van der Waals surface area contributed by atoms with E-state index in [1.165, 1.54) is 36.3 Å². The molecule has 1 unspecified atom stereocenters. The summed E-state index contributed by atoms with van der Waals surface area (Å²) >= 11 is 1.53. The Morgan fingerprint density at radius 1 is 1.19 bits per heavy atom. The van der Waals surface area contributed by atoms with E-state index in [2.05, 4.69) is 29.0 Å². The second-order valence-electron chi connectivity index (χ2n) is 8.29. The summed E-state index contributed by atoms with van der Waals surface area (Å²) in [5.41, 5.74) is 2.34. The molecule has 3 heterocycles. The lowest BCUT2D eigenvalue weighted by Crippen LogP contribution is -2.32. The summed E-state index contributed by atoms with van der Waals surface area (Å²) in [7, 11) is 0. The number of fused-ring (bicyclic) bond motifs is 2. The highest BCUT2D eigenvalue weighted by molar-refractivity contribution is 7.23. The summed E-state index contributed by atoms with van der Waals surface area (Å²) in [6.07, 6.45) is 8.50. The van der Waals surface area contributed by atoms with Gasteiger partial charge in [-0.05, 0) is 68.1 Å². The van der Waals surface area contributed by atoms with Crippen molar-refractivity contribution in [3.8, 4) is 17.2 Å². The van der Waals surface area contributed by atoms with Crippen molar-refractivity contribution in [1.82, 2.24) is 4.90 Å². The number of rotatable bonds is 7. The number of ether oxygens (including phenoxy) is 2. The Morgan fingerprint density at radius 2 is 2.06 bits per heavy atom. The van der Waals surface area contributed by atoms with Gasteiger partial charge in [-0.3, -0.25) is 4.90 Å². The maximum Gasteiger partial charge on any atom is 0.241 e. The molecule has 1 atom stereocenters. The third kappa shape index (κ3) is 4.22. The topological polar surface area (TPSA) is 51.1 Å². The molecule has 0 spiro atoms. The molecule has 2 aliphatic rings. The van der Waals surface area contributed by atoms with Crippen LogP contribution >= 0.6 is 11.3 Å². The van der Waals surface area contributed by atoms with Gasteiger partial charge in [-0.1, -0.05) is 19.1 Å². The molecule has 6 heteroatoms. The fourth-order valence-corrected chi connectivity index (χ4v) is 5.72. The molecule has 32 heavy (non-hydrogen) atoms. The molecule has 0 saturated carbocycles. The highest BCUT2D eigenvalue weighted by Gasteiger charge is 2.30. The predicted octanol–water partition coefficient (Wildman–Crippen LogP) is 6.70. The normalized spacial score (nSPS) is 18.2. The molecule has 164 valence electrons. The average Bonchev–Trinajstić information content (AvgIpc) is 3.41. The minimum atomic E-state index is 0.586. The lowest BCUT2D eigenvalue weighted by molar-refractivity contribution is 0.275. The van der Waals surface area contributed by atoms with Gasteiger partial charge in [-0.25, -0.2) is 4.79 Å². The van der Waals surface area contributed by atoms with Gasteiger partial charge >= 0.3 is 0 Å². The standard InChI is InChI=1S/C26H26N2O3S/c1-2-13-30-20-6-3-7-21(15-20)31-22-8-9-24-23(16-22)25(26(32-24)27-17-29)18-10-12-28-11-4-5-19(28)14-18/h3,6-10,15-16,19H,2,4-5,11-14H2,1H3. The Bertz CT molecular complexity index is 1210. The van der Waals surface area contributed by atoms with E-state index in [1.54, 1.807) is 6.08 Å². The number of benzene rings is 2. The molecule has 0 amide bonds. The maximum absolute atomic E-state index is 11.1. The van der Waals surface area contributed by atoms with E-state index in [0.29, 0.717) is 12.6 Å². The molecule has 0 N–H and O–H groups in total. The average molecular weight is 447 g/mol. The molecule has 5 rings (SSSR count). The summed E-state index contributed by atoms with van der Waals surface area (Å²) < 4.78 is 13.0. The first-order valence-electron chi connectivity index (χ1n) is 11.2. The fraction of sp³-hybridized carbons (Fsp3) is 0.346. The van der Waals surface area contributed by atoms with E-state index >= 15 is 0 Å².